The van der Waals surface area contributed by atoms with E-state index < -0.39 is 41.3 Å². The lowest BCUT2D eigenvalue weighted by atomic mass is 9.56. The Labute approximate surface area is 221 Å². The molecule has 8 nitrogen and oxygen atoms in total. The normalized spacial score (nSPS) is 15.7. The first-order chi connectivity index (χ1) is 17.5. The average Bonchev–Trinajstić information content (AvgIpc) is 3.34. The SMILES string of the molecule is CC(C)(C)C(Cc1cncs1)(c1ccccc1)[C@H](OC(N)=O)C(O)C[C@H](Cc1ccccc1)OC(N)=O. The maximum absolute atomic E-state index is 12.2. The summed E-state index contributed by atoms with van der Waals surface area (Å²) in [6.07, 6.45) is -2.53. The van der Waals surface area contributed by atoms with Crippen molar-refractivity contribution < 1.29 is 24.2 Å². The van der Waals surface area contributed by atoms with Gasteiger partial charge >= 0.3 is 12.2 Å². The third-order valence-corrected chi connectivity index (χ3v) is 7.52. The number of primary amides is 2. The Balaban J connectivity index is 2.09. The number of nitrogens with two attached hydrogens (primary N) is 2. The van der Waals surface area contributed by atoms with Gasteiger partial charge < -0.3 is 26.0 Å². The molecule has 2 unspecified atom stereocenters. The van der Waals surface area contributed by atoms with Crippen molar-refractivity contribution in [3.63, 3.8) is 0 Å². The van der Waals surface area contributed by atoms with E-state index in [1.807, 2.05) is 81.4 Å². The quantitative estimate of drug-likeness (QED) is 0.335. The Hall–Kier alpha value is -3.43. The molecule has 2 aromatic carbocycles. The number of aliphatic hydroxyl groups excluding tert-OH is 1. The number of aliphatic hydroxyl groups is 1. The first kappa shape index (κ1) is 28.1. The molecule has 0 radical (unpaired) electrons. The van der Waals surface area contributed by atoms with Gasteiger partial charge in [0.25, 0.3) is 0 Å². The fourth-order valence-corrected chi connectivity index (χ4v) is 5.76. The second-order valence-corrected chi connectivity index (χ2v) is 11.1. The molecule has 0 aliphatic rings. The van der Waals surface area contributed by atoms with Crippen LogP contribution in [0.25, 0.3) is 0 Å². The molecule has 0 bridgehead atoms. The van der Waals surface area contributed by atoms with Crippen molar-refractivity contribution in [3.8, 4) is 0 Å². The van der Waals surface area contributed by atoms with Gasteiger partial charge in [0, 0.05) is 29.3 Å². The van der Waals surface area contributed by atoms with Gasteiger partial charge in [-0.15, -0.1) is 11.3 Å². The molecule has 0 fully saturated rings. The van der Waals surface area contributed by atoms with Gasteiger partial charge in [-0.3, -0.25) is 4.98 Å². The molecule has 3 aromatic rings. The van der Waals surface area contributed by atoms with Crippen LogP contribution in [-0.2, 0) is 27.7 Å². The van der Waals surface area contributed by atoms with Crippen LogP contribution in [0.1, 0.15) is 43.2 Å². The van der Waals surface area contributed by atoms with Gasteiger partial charge in [-0.1, -0.05) is 81.4 Å². The number of hydrogen-bond acceptors (Lipinski definition) is 7. The molecule has 0 aliphatic carbocycles. The number of amides is 2. The molecular weight excluding hydrogens is 490 g/mol. The minimum Gasteiger partial charge on any atom is -0.446 e. The second kappa shape index (κ2) is 12.2. The van der Waals surface area contributed by atoms with E-state index in [0.29, 0.717) is 12.8 Å². The summed E-state index contributed by atoms with van der Waals surface area (Å²) in [4.78, 5) is 29.2. The minimum absolute atomic E-state index is 0.0247. The number of ether oxygens (including phenoxy) is 2. The molecule has 3 rings (SSSR count). The van der Waals surface area contributed by atoms with Gasteiger partial charge in [0.05, 0.1) is 11.6 Å². The maximum atomic E-state index is 12.2. The topological polar surface area (TPSA) is 138 Å². The van der Waals surface area contributed by atoms with Crippen LogP contribution in [0.2, 0.25) is 0 Å². The molecule has 0 aliphatic heterocycles. The number of carbonyl (C=O) groups excluding carboxylic acids is 2. The molecule has 5 N–H and O–H groups in total. The van der Waals surface area contributed by atoms with Crippen LogP contribution in [0.3, 0.4) is 0 Å². The van der Waals surface area contributed by atoms with E-state index in [-0.39, 0.29) is 6.42 Å². The number of thiazole rings is 1. The summed E-state index contributed by atoms with van der Waals surface area (Å²) in [5.74, 6) is 0. The molecular formula is C28H35N3O5S. The van der Waals surface area contributed by atoms with Crippen LogP contribution in [0, 0.1) is 5.41 Å². The van der Waals surface area contributed by atoms with Crippen molar-refractivity contribution in [1.29, 1.82) is 0 Å². The molecule has 0 saturated carbocycles. The molecule has 0 spiro atoms. The molecule has 198 valence electrons. The number of benzene rings is 2. The minimum atomic E-state index is -1.24. The lowest BCUT2D eigenvalue weighted by molar-refractivity contribution is -0.0875. The number of rotatable bonds is 11. The Kier molecular flexibility index (Phi) is 9.29. The molecule has 1 aromatic heterocycles. The molecule has 0 saturated heterocycles. The highest BCUT2D eigenvalue weighted by Crippen LogP contribution is 2.49. The summed E-state index contributed by atoms with van der Waals surface area (Å²) in [6, 6.07) is 19.1. The highest BCUT2D eigenvalue weighted by atomic mass is 32.1. The molecule has 9 heteroatoms. The van der Waals surface area contributed by atoms with Gasteiger partial charge in [0.15, 0.2) is 0 Å². The zero-order valence-electron chi connectivity index (χ0n) is 21.4. The van der Waals surface area contributed by atoms with Crippen molar-refractivity contribution in [2.45, 2.75) is 63.8 Å². The first-order valence-electron chi connectivity index (χ1n) is 12.1. The lowest BCUT2D eigenvalue weighted by Crippen LogP contribution is -2.58. The predicted molar refractivity (Wildman–Crippen MR) is 143 cm³/mol. The zero-order valence-corrected chi connectivity index (χ0v) is 22.2. The zero-order chi connectivity index (χ0) is 27.1. The summed E-state index contributed by atoms with van der Waals surface area (Å²) in [5.41, 5.74) is 13.0. The van der Waals surface area contributed by atoms with E-state index in [1.54, 1.807) is 11.7 Å². The summed E-state index contributed by atoms with van der Waals surface area (Å²) in [5, 5.41) is 11.7. The number of carbonyl (C=O) groups is 2. The van der Waals surface area contributed by atoms with E-state index >= 15 is 0 Å². The van der Waals surface area contributed by atoms with Crippen molar-refractivity contribution in [1.82, 2.24) is 4.98 Å². The fourth-order valence-electron chi connectivity index (χ4n) is 5.07. The summed E-state index contributed by atoms with van der Waals surface area (Å²) in [7, 11) is 0. The fraction of sp³-hybridized carbons (Fsp3) is 0.393. The highest BCUT2D eigenvalue weighted by molar-refractivity contribution is 7.09. The van der Waals surface area contributed by atoms with E-state index in [0.717, 1.165) is 16.0 Å². The molecule has 37 heavy (non-hydrogen) atoms. The first-order valence-corrected chi connectivity index (χ1v) is 13.0. The van der Waals surface area contributed by atoms with Crippen molar-refractivity contribution in [2.75, 3.05) is 0 Å². The van der Waals surface area contributed by atoms with Crippen LogP contribution < -0.4 is 11.5 Å². The Bertz CT molecular complexity index is 1140. The largest absolute Gasteiger partial charge is 0.446 e. The monoisotopic (exact) mass is 525 g/mol. The molecule has 2 amide bonds. The summed E-state index contributed by atoms with van der Waals surface area (Å²) >= 11 is 1.48. The van der Waals surface area contributed by atoms with Gasteiger partial charge in [0.1, 0.15) is 12.2 Å². The van der Waals surface area contributed by atoms with Crippen molar-refractivity contribution in [2.24, 2.45) is 16.9 Å². The Morgan fingerprint density at radius 3 is 2.08 bits per heavy atom. The smallest absolute Gasteiger partial charge is 0.404 e. The van der Waals surface area contributed by atoms with E-state index in [9.17, 15) is 14.7 Å². The Morgan fingerprint density at radius 1 is 0.973 bits per heavy atom. The summed E-state index contributed by atoms with van der Waals surface area (Å²) in [6.45, 7) is 6.10. The maximum Gasteiger partial charge on any atom is 0.404 e. The van der Waals surface area contributed by atoms with Crippen LogP contribution in [-0.4, -0.2) is 40.6 Å². The highest BCUT2D eigenvalue weighted by Gasteiger charge is 2.54. The van der Waals surface area contributed by atoms with Crippen LogP contribution in [0.15, 0.2) is 72.4 Å². The Morgan fingerprint density at radius 2 is 1.57 bits per heavy atom. The average molecular weight is 526 g/mol. The van der Waals surface area contributed by atoms with E-state index in [4.69, 9.17) is 20.9 Å². The third kappa shape index (κ3) is 7.08. The van der Waals surface area contributed by atoms with Gasteiger partial charge in [-0.25, -0.2) is 9.59 Å². The van der Waals surface area contributed by atoms with Crippen molar-refractivity contribution >= 4 is 23.5 Å². The van der Waals surface area contributed by atoms with E-state index in [2.05, 4.69) is 4.98 Å². The van der Waals surface area contributed by atoms with Gasteiger partial charge in [0.2, 0.25) is 0 Å². The number of aromatic nitrogens is 1. The molecule has 1 heterocycles. The van der Waals surface area contributed by atoms with E-state index in [1.165, 1.54) is 11.3 Å². The second-order valence-electron chi connectivity index (χ2n) is 10.1. The summed E-state index contributed by atoms with van der Waals surface area (Å²) < 4.78 is 11.2. The van der Waals surface area contributed by atoms with Gasteiger partial charge in [-0.2, -0.15) is 0 Å². The van der Waals surface area contributed by atoms with Crippen molar-refractivity contribution in [3.05, 3.63) is 88.4 Å². The molecule has 4 atom stereocenters. The van der Waals surface area contributed by atoms with Gasteiger partial charge in [-0.05, 0) is 23.0 Å². The predicted octanol–water partition coefficient (Wildman–Crippen LogP) is 4.59. The van der Waals surface area contributed by atoms with Crippen LogP contribution in [0.4, 0.5) is 9.59 Å². The van der Waals surface area contributed by atoms with Crippen LogP contribution >= 0.6 is 11.3 Å². The lowest BCUT2D eigenvalue weighted by Gasteiger charge is -2.51. The third-order valence-electron chi connectivity index (χ3n) is 6.74. The number of nitrogens with zero attached hydrogens (tertiary/aromatic N) is 1. The number of hydrogen-bond donors (Lipinski definition) is 3. The standard InChI is InChI=1S/C28H35N3O5S/c1-27(2,3)28(16-22-17-31-18-37-22,20-12-8-5-9-13-20)24(36-26(30)34)23(32)15-21(35-25(29)33)14-19-10-6-4-7-11-19/h4-13,17-18,21,23-24,32H,14-16H2,1-3H3,(H2,29,33)(H2,30,34)/t21-,23?,24+,28?/m0/s1. The van der Waals surface area contributed by atoms with Crippen LogP contribution in [0.5, 0.6) is 0 Å².